The van der Waals surface area contributed by atoms with E-state index >= 15 is 0 Å². The molecule has 0 bridgehead atoms. The molecule has 0 spiro atoms. The Hall–Kier alpha value is -1.55. The van der Waals surface area contributed by atoms with E-state index in [1.165, 1.54) is 11.1 Å². The van der Waals surface area contributed by atoms with Crippen LogP contribution in [0.3, 0.4) is 0 Å². The number of Topliss-reactive ketones (excluding diaryl/α,β-unsaturated/α-hetero) is 1. The summed E-state index contributed by atoms with van der Waals surface area (Å²) >= 11 is 6.58. The lowest BCUT2D eigenvalue weighted by atomic mass is 9.86. The molecule has 3 rings (SSSR count). The summed E-state index contributed by atoms with van der Waals surface area (Å²) in [6, 6.07) is 2.19. The van der Waals surface area contributed by atoms with Gasteiger partial charge in [0.2, 0.25) is 0 Å². The highest BCUT2D eigenvalue weighted by molar-refractivity contribution is 6.32. The summed E-state index contributed by atoms with van der Waals surface area (Å²) in [5.41, 5.74) is 4.51. The van der Waals surface area contributed by atoms with E-state index in [-0.39, 0.29) is 11.9 Å². The predicted molar refractivity (Wildman–Crippen MR) is 84.5 cm³/mol. The summed E-state index contributed by atoms with van der Waals surface area (Å²) in [4.78, 5) is 25.4. The highest BCUT2D eigenvalue weighted by atomic mass is 35.5. The summed E-state index contributed by atoms with van der Waals surface area (Å²) in [5.74, 6) is 0.260. The van der Waals surface area contributed by atoms with Gasteiger partial charge in [0.25, 0.3) is 0 Å². The van der Waals surface area contributed by atoms with Gasteiger partial charge in [-0.2, -0.15) is 0 Å². The zero-order valence-electron chi connectivity index (χ0n) is 12.8. The number of amides is 1. The number of benzene rings is 1. The van der Waals surface area contributed by atoms with Crippen molar-refractivity contribution in [2.24, 2.45) is 0 Å². The maximum Gasteiger partial charge on any atom is 0.409 e. The average Bonchev–Trinajstić information content (AvgIpc) is 2.71. The molecule has 0 radical (unpaired) electrons. The molecule has 1 aromatic rings. The summed E-state index contributed by atoms with van der Waals surface area (Å²) in [6.07, 6.45) is 3.08. The first-order valence-corrected chi connectivity index (χ1v) is 8.23. The molecule has 4 nitrogen and oxygen atoms in total. The monoisotopic (exact) mass is 321 g/mol. The van der Waals surface area contributed by atoms with Crippen LogP contribution in [0.2, 0.25) is 5.02 Å². The molecular formula is C17H20ClNO3. The second kappa shape index (κ2) is 6.29. The second-order valence-corrected chi connectivity index (χ2v) is 6.25. The first-order chi connectivity index (χ1) is 10.6. The van der Waals surface area contributed by atoms with Crippen LogP contribution in [0, 0.1) is 0 Å². The first kappa shape index (κ1) is 15.3. The molecular weight excluding hydrogens is 302 g/mol. The molecule has 1 aliphatic carbocycles. The van der Waals surface area contributed by atoms with Crippen molar-refractivity contribution < 1.29 is 14.3 Å². The molecule has 0 unspecified atom stereocenters. The second-order valence-electron chi connectivity index (χ2n) is 5.87. The molecule has 1 amide bonds. The number of aryl methyl sites for hydroxylation is 1. The molecule has 0 aromatic heterocycles. The number of carbonyl (C=O) groups is 2. The molecule has 1 aliphatic heterocycles. The number of rotatable bonds is 1. The van der Waals surface area contributed by atoms with Crippen molar-refractivity contribution in [1.82, 2.24) is 4.90 Å². The normalized spacial score (nSPS) is 17.5. The number of ketones is 1. The van der Waals surface area contributed by atoms with Crippen LogP contribution in [0.25, 0.3) is 0 Å². The summed E-state index contributed by atoms with van der Waals surface area (Å²) in [7, 11) is 0. The smallest absolute Gasteiger partial charge is 0.409 e. The number of halogens is 1. The minimum atomic E-state index is -0.258. The maximum absolute atomic E-state index is 11.9. The number of carbonyl (C=O) groups excluding carboxylic acids is 2. The molecule has 0 atom stereocenters. The molecule has 1 heterocycles. The van der Waals surface area contributed by atoms with Gasteiger partial charge < -0.3 is 9.64 Å². The molecule has 0 N–H and O–H groups in total. The summed E-state index contributed by atoms with van der Waals surface area (Å²) in [5, 5.41) is 0.742. The van der Waals surface area contributed by atoms with Gasteiger partial charge in [-0.25, -0.2) is 4.79 Å². The SMILES string of the molecule is CCOC(=O)N1CCc2cc3c(c(Cl)c2CC1)CC(=O)CC3. The lowest BCUT2D eigenvalue weighted by Crippen LogP contribution is -2.33. The van der Waals surface area contributed by atoms with Crippen LogP contribution in [0.4, 0.5) is 4.79 Å². The van der Waals surface area contributed by atoms with Crippen molar-refractivity contribution in [3.05, 3.63) is 33.3 Å². The number of fused-ring (bicyclic) bond motifs is 2. The Bertz CT molecular complexity index is 627. The number of ether oxygens (including phenoxy) is 1. The van der Waals surface area contributed by atoms with Crippen LogP contribution in [0.15, 0.2) is 6.07 Å². The Morgan fingerprint density at radius 3 is 2.68 bits per heavy atom. The molecule has 0 saturated heterocycles. The Morgan fingerprint density at radius 2 is 1.91 bits per heavy atom. The Labute approximate surface area is 135 Å². The first-order valence-electron chi connectivity index (χ1n) is 7.85. The third-order valence-electron chi connectivity index (χ3n) is 4.51. The molecule has 5 heteroatoms. The Morgan fingerprint density at radius 1 is 1.18 bits per heavy atom. The van der Waals surface area contributed by atoms with Crippen LogP contribution in [0.1, 0.15) is 35.6 Å². The van der Waals surface area contributed by atoms with E-state index in [0.717, 1.165) is 29.0 Å². The zero-order chi connectivity index (χ0) is 15.7. The quantitative estimate of drug-likeness (QED) is 0.799. The van der Waals surface area contributed by atoms with Crippen LogP contribution >= 0.6 is 11.6 Å². The zero-order valence-corrected chi connectivity index (χ0v) is 13.5. The average molecular weight is 322 g/mol. The van der Waals surface area contributed by atoms with Crippen molar-refractivity contribution in [2.75, 3.05) is 19.7 Å². The number of hydrogen-bond acceptors (Lipinski definition) is 3. The third-order valence-corrected chi connectivity index (χ3v) is 4.97. The third kappa shape index (κ3) is 2.84. The van der Waals surface area contributed by atoms with Gasteiger partial charge in [-0.05, 0) is 48.4 Å². The van der Waals surface area contributed by atoms with Gasteiger partial charge in [0.1, 0.15) is 5.78 Å². The predicted octanol–water partition coefficient (Wildman–Crippen LogP) is 2.95. The van der Waals surface area contributed by atoms with E-state index in [1.54, 1.807) is 4.90 Å². The summed E-state index contributed by atoms with van der Waals surface area (Å²) < 4.78 is 5.09. The minimum Gasteiger partial charge on any atom is -0.450 e. The topological polar surface area (TPSA) is 46.6 Å². The van der Waals surface area contributed by atoms with Crippen molar-refractivity contribution in [1.29, 1.82) is 0 Å². The van der Waals surface area contributed by atoms with E-state index in [2.05, 4.69) is 6.07 Å². The molecule has 0 fully saturated rings. The van der Waals surface area contributed by atoms with Gasteiger partial charge in [-0.3, -0.25) is 4.79 Å². The van der Waals surface area contributed by atoms with E-state index in [1.807, 2.05) is 6.92 Å². The molecule has 118 valence electrons. The fraction of sp³-hybridized carbons (Fsp3) is 0.529. The highest BCUT2D eigenvalue weighted by Crippen LogP contribution is 2.34. The van der Waals surface area contributed by atoms with Gasteiger partial charge in [0.15, 0.2) is 0 Å². The van der Waals surface area contributed by atoms with Crippen LogP contribution in [-0.4, -0.2) is 36.5 Å². The van der Waals surface area contributed by atoms with Crippen molar-refractivity contribution in [2.45, 2.75) is 39.0 Å². The van der Waals surface area contributed by atoms with Gasteiger partial charge in [-0.1, -0.05) is 17.7 Å². The fourth-order valence-electron chi connectivity index (χ4n) is 3.33. The lowest BCUT2D eigenvalue weighted by molar-refractivity contribution is -0.118. The standard InChI is InChI=1S/C17H20ClNO3/c1-2-22-17(21)19-7-5-12-9-11-3-4-13(20)10-15(11)16(18)14(12)6-8-19/h9H,2-8,10H2,1H3. The van der Waals surface area contributed by atoms with E-state index < -0.39 is 0 Å². The number of nitrogens with zero attached hydrogens (tertiary/aromatic N) is 1. The minimum absolute atomic E-state index is 0.258. The lowest BCUT2D eigenvalue weighted by Gasteiger charge is -2.20. The molecule has 22 heavy (non-hydrogen) atoms. The molecule has 1 aromatic carbocycles. The van der Waals surface area contributed by atoms with Gasteiger partial charge in [-0.15, -0.1) is 0 Å². The van der Waals surface area contributed by atoms with Gasteiger partial charge >= 0.3 is 6.09 Å². The van der Waals surface area contributed by atoms with Gasteiger partial charge in [0.05, 0.1) is 6.61 Å². The fourth-order valence-corrected chi connectivity index (χ4v) is 3.73. The Balaban J connectivity index is 1.88. The van der Waals surface area contributed by atoms with E-state index in [0.29, 0.717) is 39.0 Å². The van der Waals surface area contributed by atoms with E-state index in [9.17, 15) is 9.59 Å². The molecule has 2 aliphatic rings. The van der Waals surface area contributed by atoms with Crippen molar-refractivity contribution >= 4 is 23.5 Å². The van der Waals surface area contributed by atoms with Crippen LogP contribution in [-0.2, 0) is 35.2 Å². The van der Waals surface area contributed by atoms with Crippen LogP contribution < -0.4 is 0 Å². The van der Waals surface area contributed by atoms with E-state index in [4.69, 9.17) is 16.3 Å². The Kier molecular flexibility index (Phi) is 4.39. The summed E-state index contributed by atoms with van der Waals surface area (Å²) in [6.45, 7) is 3.46. The highest BCUT2D eigenvalue weighted by Gasteiger charge is 2.26. The maximum atomic E-state index is 11.9. The van der Waals surface area contributed by atoms with Crippen molar-refractivity contribution in [3.8, 4) is 0 Å². The van der Waals surface area contributed by atoms with Crippen molar-refractivity contribution in [3.63, 3.8) is 0 Å². The number of hydrogen-bond donors (Lipinski definition) is 0. The largest absolute Gasteiger partial charge is 0.450 e. The van der Waals surface area contributed by atoms with Gasteiger partial charge in [0, 0.05) is 31.0 Å². The van der Waals surface area contributed by atoms with Crippen LogP contribution in [0.5, 0.6) is 0 Å². The molecule has 0 saturated carbocycles.